The number of hydrogen-bond acceptors (Lipinski definition) is 3. The molecule has 4 aliphatic carbocycles. The van der Waals surface area contributed by atoms with Gasteiger partial charge in [0.1, 0.15) is 0 Å². The number of benzene rings is 1. The van der Waals surface area contributed by atoms with Crippen LogP contribution < -0.4 is 4.90 Å². The molecule has 7 rings (SSSR count). The number of fused-ring (bicyclic) bond motifs is 5. The molecule has 35 heavy (non-hydrogen) atoms. The van der Waals surface area contributed by atoms with E-state index < -0.39 is 0 Å². The van der Waals surface area contributed by atoms with E-state index in [4.69, 9.17) is 4.74 Å². The maximum absolute atomic E-state index is 5.56. The van der Waals surface area contributed by atoms with Gasteiger partial charge in [-0.3, -0.25) is 0 Å². The van der Waals surface area contributed by atoms with Crippen molar-refractivity contribution in [3.63, 3.8) is 0 Å². The summed E-state index contributed by atoms with van der Waals surface area (Å²) in [5.74, 6) is 1.18. The van der Waals surface area contributed by atoms with Crippen molar-refractivity contribution in [2.75, 3.05) is 12.0 Å². The van der Waals surface area contributed by atoms with Gasteiger partial charge in [0, 0.05) is 53.5 Å². The summed E-state index contributed by atoms with van der Waals surface area (Å²) in [4.78, 5) is 5.30. The summed E-state index contributed by atoms with van der Waals surface area (Å²) in [6.45, 7) is 2.25. The van der Waals surface area contributed by atoms with Gasteiger partial charge in [0.15, 0.2) is 0 Å². The Morgan fingerprint density at radius 2 is 1.97 bits per heavy atom. The first-order valence-corrected chi connectivity index (χ1v) is 13.6. The Morgan fingerprint density at radius 1 is 1.06 bits per heavy atom. The number of rotatable bonds is 3. The van der Waals surface area contributed by atoms with Gasteiger partial charge in [-0.2, -0.15) is 0 Å². The van der Waals surface area contributed by atoms with Crippen LogP contribution in [0.15, 0.2) is 89.1 Å². The number of nitrogens with zero attached hydrogens (tertiary/aromatic N) is 2. The zero-order chi connectivity index (χ0) is 23.5. The maximum atomic E-state index is 5.56. The number of allylic oxidation sites excluding steroid dienone is 7. The molecule has 180 valence electrons. The number of anilines is 1. The van der Waals surface area contributed by atoms with Crippen LogP contribution in [-0.4, -0.2) is 24.2 Å². The van der Waals surface area contributed by atoms with Crippen molar-refractivity contribution in [1.82, 2.24) is 4.90 Å². The Morgan fingerprint density at radius 3 is 2.83 bits per heavy atom. The fraction of sp³-hybridized carbons (Fsp3) is 0.438. The summed E-state index contributed by atoms with van der Waals surface area (Å²) >= 11 is 0. The second-order valence-corrected chi connectivity index (χ2v) is 11.1. The van der Waals surface area contributed by atoms with E-state index in [2.05, 4.69) is 77.5 Å². The summed E-state index contributed by atoms with van der Waals surface area (Å²) in [5.41, 5.74) is 11.8. The van der Waals surface area contributed by atoms with Crippen molar-refractivity contribution < 1.29 is 4.74 Å². The molecule has 0 saturated heterocycles. The first kappa shape index (κ1) is 21.5. The molecule has 0 N–H and O–H groups in total. The standard InChI is InChI=1S/C32H36N2O/c1-21-11-17-31-27(19-21)25-7-3-6-10-30(25)34(31)23-14-18-32-28(20-23)26-8-4-5-9-29(26)33(32)22-12-15-24(35-2)16-13-22/h5,9,11-15,17-19,24-25,28,30H,3-4,6-8,10,16,20H2,1-2H3. The van der Waals surface area contributed by atoms with E-state index in [1.54, 1.807) is 18.2 Å². The Kier molecular flexibility index (Phi) is 5.17. The second kappa shape index (κ2) is 8.41. The Labute approximate surface area is 209 Å². The largest absolute Gasteiger partial charge is 0.377 e. The lowest BCUT2D eigenvalue weighted by Crippen LogP contribution is -2.37. The van der Waals surface area contributed by atoms with E-state index >= 15 is 0 Å². The highest BCUT2D eigenvalue weighted by atomic mass is 16.5. The first-order valence-electron chi connectivity index (χ1n) is 13.6. The topological polar surface area (TPSA) is 15.7 Å². The average Bonchev–Trinajstić information content (AvgIpc) is 3.41. The van der Waals surface area contributed by atoms with Gasteiger partial charge < -0.3 is 14.5 Å². The van der Waals surface area contributed by atoms with Gasteiger partial charge in [-0.05, 0) is 87.0 Å². The monoisotopic (exact) mass is 464 g/mol. The quantitative estimate of drug-likeness (QED) is 0.463. The summed E-state index contributed by atoms with van der Waals surface area (Å²) in [7, 11) is 1.80. The van der Waals surface area contributed by atoms with E-state index in [0.29, 0.717) is 17.9 Å². The summed E-state index contributed by atoms with van der Waals surface area (Å²) in [5, 5.41) is 0. The van der Waals surface area contributed by atoms with Crippen molar-refractivity contribution in [2.45, 2.75) is 76.4 Å². The van der Waals surface area contributed by atoms with Crippen LogP contribution in [0.5, 0.6) is 0 Å². The molecule has 3 heteroatoms. The van der Waals surface area contributed by atoms with Crippen LogP contribution in [0, 0.1) is 12.8 Å². The highest BCUT2D eigenvalue weighted by molar-refractivity contribution is 5.68. The third-order valence-corrected chi connectivity index (χ3v) is 9.14. The van der Waals surface area contributed by atoms with Crippen LogP contribution in [0.3, 0.4) is 0 Å². The first-order chi connectivity index (χ1) is 17.2. The van der Waals surface area contributed by atoms with Gasteiger partial charge in [0.05, 0.1) is 6.10 Å². The molecule has 4 atom stereocenters. The van der Waals surface area contributed by atoms with Gasteiger partial charge in [-0.25, -0.2) is 0 Å². The molecule has 1 aromatic carbocycles. The molecule has 1 saturated carbocycles. The van der Waals surface area contributed by atoms with Gasteiger partial charge >= 0.3 is 0 Å². The van der Waals surface area contributed by atoms with Crippen molar-refractivity contribution in [1.29, 1.82) is 0 Å². The molecule has 0 spiro atoms. The molecular formula is C32H36N2O. The van der Waals surface area contributed by atoms with Crippen molar-refractivity contribution in [3.8, 4) is 0 Å². The lowest BCUT2D eigenvalue weighted by Gasteiger charge is -2.38. The smallest absolute Gasteiger partial charge is 0.0791 e. The summed E-state index contributed by atoms with van der Waals surface area (Å²) in [6.07, 6.45) is 26.4. The van der Waals surface area contributed by atoms with E-state index in [1.165, 1.54) is 66.1 Å². The van der Waals surface area contributed by atoms with Crippen LogP contribution in [0.1, 0.15) is 68.4 Å². The van der Waals surface area contributed by atoms with E-state index in [9.17, 15) is 0 Å². The Hall–Kier alpha value is -2.78. The van der Waals surface area contributed by atoms with Crippen molar-refractivity contribution >= 4 is 5.69 Å². The third-order valence-electron chi connectivity index (χ3n) is 9.14. The third kappa shape index (κ3) is 3.35. The molecule has 1 fully saturated rings. The normalized spacial score (nSPS) is 31.0. The molecule has 2 heterocycles. The van der Waals surface area contributed by atoms with Crippen LogP contribution in [-0.2, 0) is 4.74 Å². The lowest BCUT2D eigenvalue weighted by molar-refractivity contribution is 0.141. The van der Waals surface area contributed by atoms with Gasteiger partial charge in [-0.1, -0.05) is 48.8 Å². The number of methoxy groups -OCH3 is 1. The van der Waals surface area contributed by atoms with E-state index in [-0.39, 0.29) is 6.10 Å². The minimum atomic E-state index is 0.196. The number of ether oxygens (including phenoxy) is 1. The predicted molar refractivity (Wildman–Crippen MR) is 143 cm³/mol. The van der Waals surface area contributed by atoms with Crippen molar-refractivity contribution in [2.24, 2.45) is 5.92 Å². The SMILES string of the molecule is COC1C=CC(N2C3=CC=C(N4c5ccc(C)cc5C5CCCCC54)CC3C3=C2C=CCC3)=CC1. The molecule has 0 amide bonds. The predicted octanol–water partition coefficient (Wildman–Crippen LogP) is 7.41. The molecule has 2 aliphatic heterocycles. The lowest BCUT2D eigenvalue weighted by atomic mass is 9.81. The van der Waals surface area contributed by atoms with Gasteiger partial charge in [0.2, 0.25) is 0 Å². The fourth-order valence-corrected chi connectivity index (χ4v) is 7.51. The van der Waals surface area contributed by atoms with E-state index in [1.807, 2.05) is 0 Å². The zero-order valence-electron chi connectivity index (χ0n) is 21.0. The second-order valence-electron chi connectivity index (χ2n) is 11.1. The number of aryl methyl sites for hydroxylation is 1. The zero-order valence-corrected chi connectivity index (χ0v) is 21.0. The summed E-state index contributed by atoms with van der Waals surface area (Å²) < 4.78 is 5.56. The minimum Gasteiger partial charge on any atom is -0.377 e. The van der Waals surface area contributed by atoms with Crippen LogP contribution in [0.25, 0.3) is 0 Å². The molecule has 6 aliphatic rings. The van der Waals surface area contributed by atoms with E-state index in [0.717, 1.165) is 19.3 Å². The van der Waals surface area contributed by atoms with Crippen LogP contribution in [0.4, 0.5) is 5.69 Å². The van der Waals surface area contributed by atoms with Gasteiger partial charge in [-0.15, -0.1) is 0 Å². The molecule has 0 bridgehead atoms. The Bertz CT molecular complexity index is 1240. The molecule has 3 nitrogen and oxygen atoms in total. The molecule has 0 aromatic heterocycles. The number of hydrogen-bond donors (Lipinski definition) is 0. The Balaban J connectivity index is 1.28. The summed E-state index contributed by atoms with van der Waals surface area (Å²) in [6, 6.07) is 7.82. The van der Waals surface area contributed by atoms with Crippen LogP contribution in [0.2, 0.25) is 0 Å². The molecule has 0 radical (unpaired) electrons. The van der Waals surface area contributed by atoms with Crippen LogP contribution >= 0.6 is 0 Å². The van der Waals surface area contributed by atoms with Crippen molar-refractivity contribution in [3.05, 3.63) is 100 Å². The highest BCUT2D eigenvalue weighted by Gasteiger charge is 2.44. The highest BCUT2D eigenvalue weighted by Crippen LogP contribution is 2.54. The fourth-order valence-electron chi connectivity index (χ4n) is 7.51. The minimum absolute atomic E-state index is 0.196. The maximum Gasteiger partial charge on any atom is 0.0791 e. The molecular weight excluding hydrogens is 428 g/mol. The average molecular weight is 465 g/mol. The van der Waals surface area contributed by atoms with Gasteiger partial charge in [0.25, 0.3) is 0 Å². The molecule has 4 unspecified atom stereocenters. The molecule has 1 aromatic rings.